The van der Waals surface area contributed by atoms with Gasteiger partial charge >= 0.3 is 0 Å². The normalized spacial score (nSPS) is 14.3. The Morgan fingerprint density at radius 3 is 2.15 bits per heavy atom. The topological polar surface area (TPSA) is 12.0 Å². The molecule has 2 aromatic rings. The van der Waals surface area contributed by atoms with Crippen LogP contribution in [0.25, 0.3) is 16.7 Å². The average molecular weight is 339 g/mol. The lowest BCUT2D eigenvalue weighted by atomic mass is 9.97. The van der Waals surface area contributed by atoms with Crippen molar-refractivity contribution in [3.63, 3.8) is 0 Å². The third-order valence-corrected chi connectivity index (χ3v) is 4.41. The van der Waals surface area contributed by atoms with Gasteiger partial charge in [-0.3, -0.25) is 0 Å². The lowest BCUT2D eigenvalue weighted by Gasteiger charge is -2.10. The molecule has 1 heteroatoms. The zero-order valence-corrected chi connectivity index (χ0v) is 15.3. The number of rotatable bonds is 6. The second kappa shape index (κ2) is 8.87. The van der Waals surface area contributed by atoms with Crippen LogP contribution in [0, 0.1) is 0 Å². The van der Waals surface area contributed by atoms with E-state index in [9.17, 15) is 0 Å². The van der Waals surface area contributed by atoms with Crippen molar-refractivity contribution in [3.05, 3.63) is 109 Å². The Balaban J connectivity index is 1.73. The zero-order valence-electron chi connectivity index (χ0n) is 15.3. The molecule has 0 atom stereocenters. The van der Waals surface area contributed by atoms with Crippen LogP contribution >= 0.6 is 0 Å². The summed E-state index contributed by atoms with van der Waals surface area (Å²) < 4.78 is 0. The second-order valence-corrected chi connectivity index (χ2v) is 6.27. The van der Waals surface area contributed by atoms with Crippen molar-refractivity contribution in [2.75, 3.05) is 5.32 Å². The average Bonchev–Trinajstić information content (AvgIpc) is 2.72. The smallest absolute Gasteiger partial charge is 0.0384 e. The molecule has 0 spiro atoms. The van der Waals surface area contributed by atoms with Gasteiger partial charge in [-0.15, -0.1) is 0 Å². The first-order valence-electron chi connectivity index (χ1n) is 9.10. The molecule has 26 heavy (non-hydrogen) atoms. The van der Waals surface area contributed by atoms with Gasteiger partial charge in [0, 0.05) is 11.4 Å². The predicted octanol–water partition coefficient (Wildman–Crippen LogP) is 7.14. The Kier molecular flexibility index (Phi) is 6.05. The quantitative estimate of drug-likeness (QED) is 0.551. The maximum atomic E-state index is 3.85. The van der Waals surface area contributed by atoms with Crippen LogP contribution in [-0.2, 0) is 0 Å². The highest BCUT2D eigenvalue weighted by atomic mass is 14.9. The van der Waals surface area contributed by atoms with Crippen LogP contribution < -0.4 is 5.32 Å². The fraction of sp³-hybridized carbons (Fsp3) is 0.120. The molecule has 0 unspecified atom stereocenters. The molecule has 3 rings (SSSR count). The second-order valence-electron chi connectivity index (χ2n) is 6.27. The molecule has 0 aliphatic heterocycles. The fourth-order valence-electron chi connectivity index (χ4n) is 2.96. The van der Waals surface area contributed by atoms with Crippen LogP contribution in [0.15, 0.2) is 103 Å². The fourth-order valence-corrected chi connectivity index (χ4v) is 2.96. The summed E-state index contributed by atoms with van der Waals surface area (Å²) in [5.41, 5.74) is 7.09. The third-order valence-electron chi connectivity index (χ3n) is 4.41. The Bertz CT molecular complexity index is 859. The lowest BCUT2D eigenvalue weighted by molar-refractivity contribution is 1.04. The van der Waals surface area contributed by atoms with Crippen LogP contribution in [0.1, 0.15) is 25.3 Å². The summed E-state index contributed by atoms with van der Waals surface area (Å²) in [5.74, 6) is 0. The maximum Gasteiger partial charge on any atom is 0.0384 e. The van der Waals surface area contributed by atoms with Gasteiger partial charge in [-0.2, -0.15) is 0 Å². The van der Waals surface area contributed by atoms with Gasteiger partial charge in [0.1, 0.15) is 0 Å². The summed E-state index contributed by atoms with van der Waals surface area (Å²) in [7, 11) is 0. The Labute approximate surface area is 156 Å². The standard InChI is InChI=1S/C25H25N/c1-3-5-11-24(4-2)26-25-18-16-23(17-19-25)22-14-12-21(13-15-22)20-9-7-6-8-10-20/h3-5,7,9-19,26H,2,6,8H2,1H3/b5-3-,24-11+. The Morgan fingerprint density at radius 1 is 0.923 bits per heavy atom. The SMILES string of the molecule is C=C/C(=C\C=C/C)Nc1ccc(-c2ccc(C3=CCCC=C3)cc2)cc1. The minimum Gasteiger partial charge on any atom is -0.356 e. The molecule has 0 radical (unpaired) electrons. The van der Waals surface area contributed by atoms with E-state index in [-0.39, 0.29) is 0 Å². The van der Waals surface area contributed by atoms with Crippen LogP contribution in [0.3, 0.4) is 0 Å². The first-order chi connectivity index (χ1) is 12.8. The molecule has 2 aromatic carbocycles. The van der Waals surface area contributed by atoms with E-state index in [1.807, 2.05) is 31.2 Å². The first-order valence-corrected chi connectivity index (χ1v) is 9.10. The summed E-state index contributed by atoms with van der Waals surface area (Å²) in [4.78, 5) is 0. The Hall–Kier alpha value is -3.06. The molecule has 0 aromatic heterocycles. The van der Waals surface area contributed by atoms with Crippen molar-refractivity contribution < 1.29 is 0 Å². The van der Waals surface area contributed by atoms with E-state index in [2.05, 4.69) is 78.7 Å². The lowest BCUT2D eigenvalue weighted by Crippen LogP contribution is -1.95. The molecule has 0 saturated carbocycles. The van der Waals surface area contributed by atoms with E-state index in [1.165, 1.54) is 22.3 Å². The van der Waals surface area contributed by atoms with E-state index >= 15 is 0 Å². The number of nitrogens with one attached hydrogen (secondary N) is 1. The zero-order chi connectivity index (χ0) is 18.2. The molecule has 1 N–H and O–H groups in total. The van der Waals surface area contributed by atoms with E-state index in [0.29, 0.717) is 0 Å². The number of benzene rings is 2. The summed E-state index contributed by atoms with van der Waals surface area (Å²) in [6.07, 6.45) is 16.9. The van der Waals surface area contributed by atoms with Gasteiger partial charge in [0.05, 0.1) is 0 Å². The van der Waals surface area contributed by atoms with Crippen molar-refractivity contribution in [2.24, 2.45) is 0 Å². The number of hydrogen-bond donors (Lipinski definition) is 1. The monoisotopic (exact) mass is 339 g/mol. The highest BCUT2D eigenvalue weighted by Crippen LogP contribution is 2.26. The summed E-state index contributed by atoms with van der Waals surface area (Å²) in [6, 6.07) is 17.3. The van der Waals surface area contributed by atoms with Crippen molar-refractivity contribution in [1.82, 2.24) is 0 Å². The summed E-state index contributed by atoms with van der Waals surface area (Å²) >= 11 is 0. The maximum absolute atomic E-state index is 3.85. The van der Waals surface area contributed by atoms with Gasteiger partial charge in [-0.05, 0) is 66.3 Å². The number of allylic oxidation sites excluding steroid dienone is 8. The highest BCUT2D eigenvalue weighted by molar-refractivity contribution is 5.77. The van der Waals surface area contributed by atoms with E-state index in [0.717, 1.165) is 24.2 Å². The van der Waals surface area contributed by atoms with Gasteiger partial charge in [-0.1, -0.05) is 73.4 Å². The van der Waals surface area contributed by atoms with Crippen LogP contribution in [0.2, 0.25) is 0 Å². The summed E-state index contributed by atoms with van der Waals surface area (Å²) in [5, 5.41) is 3.37. The van der Waals surface area contributed by atoms with Crippen LogP contribution in [0.5, 0.6) is 0 Å². The summed E-state index contributed by atoms with van der Waals surface area (Å²) in [6.45, 7) is 5.85. The van der Waals surface area contributed by atoms with Gasteiger partial charge in [0.25, 0.3) is 0 Å². The van der Waals surface area contributed by atoms with Crippen molar-refractivity contribution in [3.8, 4) is 11.1 Å². The molecule has 0 heterocycles. The predicted molar refractivity (Wildman–Crippen MR) is 115 cm³/mol. The molecule has 1 aliphatic carbocycles. The molecule has 130 valence electrons. The van der Waals surface area contributed by atoms with Gasteiger partial charge in [-0.25, -0.2) is 0 Å². The van der Waals surface area contributed by atoms with Crippen molar-refractivity contribution in [1.29, 1.82) is 0 Å². The van der Waals surface area contributed by atoms with Gasteiger partial charge < -0.3 is 5.32 Å². The molecule has 0 fully saturated rings. The van der Waals surface area contributed by atoms with Gasteiger partial charge in [0.2, 0.25) is 0 Å². The molecule has 1 aliphatic rings. The number of anilines is 1. The van der Waals surface area contributed by atoms with Crippen molar-refractivity contribution >= 4 is 11.3 Å². The minimum atomic E-state index is 0.981. The molecular formula is C25H25N. The van der Waals surface area contributed by atoms with Crippen molar-refractivity contribution in [2.45, 2.75) is 19.8 Å². The van der Waals surface area contributed by atoms with E-state index in [4.69, 9.17) is 0 Å². The third kappa shape index (κ3) is 4.52. The number of hydrogen-bond acceptors (Lipinski definition) is 1. The van der Waals surface area contributed by atoms with E-state index < -0.39 is 0 Å². The molecule has 1 nitrogen and oxygen atoms in total. The molecule has 0 bridgehead atoms. The van der Waals surface area contributed by atoms with Crippen LogP contribution in [0.4, 0.5) is 5.69 Å². The first kappa shape index (κ1) is 17.8. The molecule has 0 amide bonds. The largest absolute Gasteiger partial charge is 0.356 e. The minimum absolute atomic E-state index is 0.981. The Morgan fingerprint density at radius 2 is 1.58 bits per heavy atom. The molecule has 0 saturated heterocycles. The van der Waals surface area contributed by atoms with Crippen LogP contribution in [-0.4, -0.2) is 0 Å². The molecular weight excluding hydrogens is 314 g/mol. The van der Waals surface area contributed by atoms with E-state index in [1.54, 1.807) is 0 Å². The highest BCUT2D eigenvalue weighted by Gasteiger charge is 2.03. The van der Waals surface area contributed by atoms with Gasteiger partial charge in [0.15, 0.2) is 0 Å².